The van der Waals surface area contributed by atoms with Gasteiger partial charge in [-0.1, -0.05) is 13.8 Å². The minimum atomic E-state index is 0.141. The lowest BCUT2D eigenvalue weighted by molar-refractivity contribution is -0.0683. The van der Waals surface area contributed by atoms with Crippen LogP contribution in [0.1, 0.15) is 26.7 Å². The van der Waals surface area contributed by atoms with E-state index in [1.165, 1.54) is 0 Å². The fourth-order valence-corrected chi connectivity index (χ4v) is 2.77. The normalized spacial score (nSPS) is 52.7. The van der Waals surface area contributed by atoms with Crippen molar-refractivity contribution < 1.29 is 9.47 Å². The van der Waals surface area contributed by atoms with E-state index in [0.717, 1.165) is 19.4 Å². The summed E-state index contributed by atoms with van der Waals surface area (Å²) in [5, 5.41) is 0. The first kappa shape index (κ1) is 8.58. The van der Waals surface area contributed by atoms with E-state index in [9.17, 15) is 0 Å². The fraction of sp³-hybridized carbons (Fsp3) is 1.00. The zero-order chi connectivity index (χ0) is 8.77. The number of hydrogen-bond acceptors (Lipinski definition) is 2. The summed E-state index contributed by atoms with van der Waals surface area (Å²) in [6, 6.07) is 0.294. The molecule has 2 bridgehead atoms. The van der Waals surface area contributed by atoms with Gasteiger partial charge in [-0.05, 0) is 6.42 Å². The van der Waals surface area contributed by atoms with Crippen LogP contribution in [-0.4, -0.2) is 32.2 Å². The molecule has 0 aromatic carbocycles. The smallest absolute Gasteiger partial charge is 0.142 e. The van der Waals surface area contributed by atoms with Crippen molar-refractivity contribution in [2.45, 2.75) is 44.4 Å². The Morgan fingerprint density at radius 1 is 1.58 bits per heavy atom. The molecular formula is C9H17BO2. The maximum Gasteiger partial charge on any atom is 0.142 e. The Labute approximate surface area is 75.0 Å². The molecule has 4 atom stereocenters. The first-order valence-corrected chi connectivity index (χ1v) is 4.99. The van der Waals surface area contributed by atoms with Gasteiger partial charge in [-0.2, -0.15) is 0 Å². The van der Waals surface area contributed by atoms with Crippen molar-refractivity contribution in [3.63, 3.8) is 0 Å². The number of fused-ring (bicyclic) bond motifs is 2. The minimum absolute atomic E-state index is 0.141. The molecule has 2 nitrogen and oxygen atoms in total. The second kappa shape index (κ2) is 2.74. The zero-order valence-corrected chi connectivity index (χ0v) is 8.17. The molecule has 0 amide bonds. The Balaban J connectivity index is 2.24. The lowest BCUT2D eigenvalue weighted by Crippen LogP contribution is -2.42. The molecule has 0 radical (unpaired) electrons. The van der Waals surface area contributed by atoms with Crippen LogP contribution in [0.25, 0.3) is 0 Å². The molecule has 0 spiro atoms. The summed E-state index contributed by atoms with van der Waals surface area (Å²) in [4.78, 5) is 0. The molecule has 2 fully saturated rings. The largest absolute Gasteiger partial charge is 0.378 e. The summed E-state index contributed by atoms with van der Waals surface area (Å²) >= 11 is 0. The van der Waals surface area contributed by atoms with E-state index in [4.69, 9.17) is 9.47 Å². The van der Waals surface area contributed by atoms with Gasteiger partial charge in [0, 0.05) is 18.9 Å². The number of hydrogen-bond donors (Lipinski definition) is 0. The lowest BCUT2D eigenvalue weighted by atomic mass is 9.78. The molecule has 0 aromatic rings. The highest BCUT2D eigenvalue weighted by Crippen LogP contribution is 2.44. The Morgan fingerprint density at radius 2 is 2.33 bits per heavy atom. The van der Waals surface area contributed by atoms with Crippen molar-refractivity contribution in [2.24, 2.45) is 5.92 Å². The highest BCUT2D eigenvalue weighted by Gasteiger charge is 2.52. The van der Waals surface area contributed by atoms with Crippen LogP contribution in [0.2, 0.25) is 0 Å². The van der Waals surface area contributed by atoms with Crippen LogP contribution in [0.5, 0.6) is 0 Å². The molecule has 2 rings (SSSR count). The van der Waals surface area contributed by atoms with Gasteiger partial charge in [0.1, 0.15) is 7.85 Å². The van der Waals surface area contributed by atoms with Gasteiger partial charge < -0.3 is 9.47 Å². The second-order valence-corrected chi connectivity index (χ2v) is 4.12. The molecule has 0 aromatic heterocycles. The minimum Gasteiger partial charge on any atom is -0.378 e. The van der Waals surface area contributed by atoms with Crippen molar-refractivity contribution in [2.75, 3.05) is 6.61 Å². The van der Waals surface area contributed by atoms with E-state index in [1.54, 1.807) is 0 Å². The first-order chi connectivity index (χ1) is 5.69. The summed E-state index contributed by atoms with van der Waals surface area (Å²) in [5.74, 6) is 0.575. The monoisotopic (exact) mass is 168 g/mol. The lowest BCUT2D eigenvalue weighted by Gasteiger charge is -2.36. The predicted molar refractivity (Wildman–Crippen MR) is 50.0 cm³/mol. The maximum absolute atomic E-state index is 6.01. The Kier molecular flexibility index (Phi) is 1.96. The number of ether oxygens (including phenoxy) is 2. The first-order valence-electron chi connectivity index (χ1n) is 4.99. The summed E-state index contributed by atoms with van der Waals surface area (Å²) in [6.45, 7) is 5.36. The predicted octanol–water partition coefficient (Wildman–Crippen LogP) is 0.550. The molecule has 0 saturated carbocycles. The topological polar surface area (TPSA) is 18.5 Å². The summed E-state index contributed by atoms with van der Waals surface area (Å²) in [7, 11) is 2.13. The van der Waals surface area contributed by atoms with Gasteiger partial charge >= 0.3 is 0 Å². The van der Waals surface area contributed by atoms with Crippen molar-refractivity contribution >= 4 is 7.85 Å². The molecule has 12 heavy (non-hydrogen) atoms. The molecule has 2 saturated heterocycles. The average Bonchev–Trinajstić information content (AvgIpc) is 2.23. The molecule has 2 aliphatic heterocycles. The third-order valence-corrected chi connectivity index (χ3v) is 3.64. The SMILES string of the molecule is B[C@@H]1O[C@@]2(CC)CCOC1C2C. The molecule has 2 unspecified atom stereocenters. The van der Waals surface area contributed by atoms with Gasteiger partial charge in [-0.15, -0.1) is 0 Å². The fourth-order valence-electron chi connectivity index (χ4n) is 2.77. The molecule has 68 valence electrons. The Hall–Kier alpha value is -0.0151. The van der Waals surface area contributed by atoms with Crippen molar-refractivity contribution in [3.8, 4) is 0 Å². The highest BCUT2D eigenvalue weighted by atomic mass is 16.6. The van der Waals surface area contributed by atoms with E-state index in [2.05, 4.69) is 21.7 Å². The Bertz CT molecular complexity index is 185. The van der Waals surface area contributed by atoms with E-state index >= 15 is 0 Å². The van der Waals surface area contributed by atoms with Crippen molar-refractivity contribution in [3.05, 3.63) is 0 Å². The van der Waals surface area contributed by atoms with Crippen LogP contribution in [0.15, 0.2) is 0 Å². The summed E-state index contributed by atoms with van der Waals surface area (Å²) in [5.41, 5.74) is 0.141. The second-order valence-electron chi connectivity index (χ2n) is 4.12. The van der Waals surface area contributed by atoms with E-state index in [1.807, 2.05) is 0 Å². The molecule has 3 heteroatoms. The average molecular weight is 168 g/mol. The summed E-state index contributed by atoms with van der Waals surface area (Å²) in [6.07, 6.45) is 2.54. The zero-order valence-electron chi connectivity index (χ0n) is 8.17. The van der Waals surface area contributed by atoms with Gasteiger partial charge in [0.25, 0.3) is 0 Å². The molecule has 2 aliphatic rings. The van der Waals surface area contributed by atoms with E-state index < -0.39 is 0 Å². The van der Waals surface area contributed by atoms with Gasteiger partial charge in [-0.25, -0.2) is 0 Å². The van der Waals surface area contributed by atoms with Crippen LogP contribution in [0.3, 0.4) is 0 Å². The van der Waals surface area contributed by atoms with Gasteiger partial charge in [0.05, 0.1) is 17.7 Å². The molecule has 0 N–H and O–H groups in total. The van der Waals surface area contributed by atoms with Crippen molar-refractivity contribution in [1.82, 2.24) is 0 Å². The highest BCUT2D eigenvalue weighted by molar-refractivity contribution is 6.11. The van der Waals surface area contributed by atoms with E-state index in [0.29, 0.717) is 18.0 Å². The Morgan fingerprint density at radius 3 is 2.92 bits per heavy atom. The van der Waals surface area contributed by atoms with E-state index in [-0.39, 0.29) is 5.60 Å². The van der Waals surface area contributed by atoms with Gasteiger partial charge in [-0.3, -0.25) is 0 Å². The van der Waals surface area contributed by atoms with Crippen LogP contribution < -0.4 is 0 Å². The van der Waals surface area contributed by atoms with Crippen molar-refractivity contribution in [1.29, 1.82) is 0 Å². The third-order valence-electron chi connectivity index (χ3n) is 3.64. The quantitative estimate of drug-likeness (QED) is 0.532. The maximum atomic E-state index is 6.01. The third kappa shape index (κ3) is 0.959. The van der Waals surface area contributed by atoms with Crippen LogP contribution in [0, 0.1) is 5.92 Å². The van der Waals surface area contributed by atoms with Crippen LogP contribution in [-0.2, 0) is 9.47 Å². The molecular weight excluding hydrogens is 151 g/mol. The molecule has 2 heterocycles. The standard InChI is InChI=1S/C9H17BO2/c1-3-9-4-5-11-7(6(9)2)8(10)12-9/h6-8H,3-5,10H2,1-2H3/t6?,7?,8-,9+/m1/s1. The molecule has 0 aliphatic carbocycles. The van der Waals surface area contributed by atoms with Crippen LogP contribution >= 0.6 is 0 Å². The van der Waals surface area contributed by atoms with Gasteiger partial charge in [0.15, 0.2) is 0 Å². The van der Waals surface area contributed by atoms with Gasteiger partial charge in [0.2, 0.25) is 0 Å². The summed E-state index contributed by atoms with van der Waals surface area (Å²) < 4.78 is 11.7. The van der Waals surface area contributed by atoms with Crippen LogP contribution in [0.4, 0.5) is 0 Å². The number of rotatable bonds is 1.